The molecule has 122 valence electrons. The number of amides is 1. The summed E-state index contributed by atoms with van der Waals surface area (Å²) < 4.78 is 0. The van der Waals surface area contributed by atoms with Gasteiger partial charge in [0.05, 0.1) is 29.2 Å². The van der Waals surface area contributed by atoms with Crippen LogP contribution in [0.25, 0.3) is 10.4 Å². The Balaban J connectivity index is 1.73. The number of carbonyl (C=O) groups excluding carboxylic acids is 1. The molecule has 0 bridgehead atoms. The maximum Gasteiger partial charge on any atom is 0.229 e. The van der Waals surface area contributed by atoms with Gasteiger partial charge in [0.2, 0.25) is 5.91 Å². The van der Waals surface area contributed by atoms with Crippen molar-refractivity contribution in [2.45, 2.75) is 38.4 Å². The van der Waals surface area contributed by atoms with Gasteiger partial charge in [-0.3, -0.25) is 4.79 Å². The molecule has 0 spiro atoms. The van der Waals surface area contributed by atoms with Gasteiger partial charge in [0.15, 0.2) is 5.13 Å². The van der Waals surface area contributed by atoms with Gasteiger partial charge in [-0.2, -0.15) is 0 Å². The Bertz CT molecular complexity index is 693. The third-order valence-electron chi connectivity index (χ3n) is 4.10. The van der Waals surface area contributed by atoms with E-state index >= 15 is 0 Å². The number of aliphatic hydroxyl groups is 2. The van der Waals surface area contributed by atoms with Crippen molar-refractivity contribution >= 4 is 22.4 Å². The highest BCUT2D eigenvalue weighted by atomic mass is 32.1. The van der Waals surface area contributed by atoms with E-state index in [1.165, 1.54) is 11.3 Å². The van der Waals surface area contributed by atoms with Gasteiger partial charge in [0.25, 0.3) is 0 Å². The van der Waals surface area contributed by atoms with Crippen LogP contribution in [0.15, 0.2) is 30.3 Å². The molecular weight excluding hydrogens is 312 g/mol. The van der Waals surface area contributed by atoms with Crippen molar-refractivity contribution in [2.75, 3.05) is 5.32 Å². The summed E-state index contributed by atoms with van der Waals surface area (Å²) in [5.74, 6) is -0.0304. The Kier molecular flexibility index (Phi) is 4.48. The number of nitrogens with zero attached hydrogens (tertiary/aromatic N) is 1. The van der Waals surface area contributed by atoms with Crippen LogP contribution in [0.1, 0.15) is 31.9 Å². The largest absolute Gasteiger partial charge is 0.390 e. The van der Waals surface area contributed by atoms with Crippen molar-refractivity contribution in [3.05, 3.63) is 36.0 Å². The lowest BCUT2D eigenvalue weighted by Crippen LogP contribution is -2.32. The van der Waals surface area contributed by atoms with Crippen LogP contribution >= 0.6 is 11.3 Å². The number of nitrogens with one attached hydrogen (secondary N) is 1. The van der Waals surface area contributed by atoms with Crippen LogP contribution in [-0.2, 0) is 11.4 Å². The van der Waals surface area contributed by atoms with E-state index in [1.807, 2.05) is 30.3 Å². The second kappa shape index (κ2) is 6.39. The SMILES string of the molecule is CC(O)(CC(=O)Nc1nc(CO)c(-c2ccccc2)s1)C1CC1. The van der Waals surface area contributed by atoms with Gasteiger partial charge in [0.1, 0.15) is 0 Å². The summed E-state index contributed by atoms with van der Waals surface area (Å²) in [6.07, 6.45) is 2.01. The molecule has 6 heteroatoms. The molecule has 1 aromatic heterocycles. The summed E-state index contributed by atoms with van der Waals surface area (Å²) in [5.41, 5.74) is 0.550. The van der Waals surface area contributed by atoms with Gasteiger partial charge >= 0.3 is 0 Å². The van der Waals surface area contributed by atoms with Gasteiger partial charge < -0.3 is 15.5 Å². The third kappa shape index (κ3) is 3.77. The van der Waals surface area contributed by atoms with Crippen LogP contribution in [0.2, 0.25) is 0 Å². The molecule has 0 radical (unpaired) electrons. The van der Waals surface area contributed by atoms with Gasteiger partial charge in [-0.15, -0.1) is 0 Å². The first-order valence-electron chi connectivity index (χ1n) is 7.68. The number of thiazole rings is 1. The van der Waals surface area contributed by atoms with Crippen molar-refractivity contribution in [3.8, 4) is 10.4 Å². The van der Waals surface area contributed by atoms with Crippen LogP contribution in [0.5, 0.6) is 0 Å². The van der Waals surface area contributed by atoms with Crippen LogP contribution in [0.3, 0.4) is 0 Å². The average molecular weight is 332 g/mol. The predicted molar refractivity (Wildman–Crippen MR) is 90.1 cm³/mol. The minimum atomic E-state index is -0.955. The molecule has 1 fully saturated rings. The van der Waals surface area contributed by atoms with Crippen molar-refractivity contribution in [1.29, 1.82) is 0 Å². The van der Waals surface area contributed by atoms with E-state index in [4.69, 9.17) is 0 Å². The predicted octanol–water partition coefficient (Wildman–Crippen LogP) is 2.79. The number of carbonyl (C=O) groups is 1. The monoisotopic (exact) mass is 332 g/mol. The lowest BCUT2D eigenvalue weighted by atomic mass is 9.96. The van der Waals surface area contributed by atoms with Gasteiger partial charge in [-0.25, -0.2) is 4.98 Å². The summed E-state index contributed by atoms with van der Waals surface area (Å²) in [5, 5.41) is 22.9. The van der Waals surface area contributed by atoms with Crippen molar-refractivity contribution < 1.29 is 15.0 Å². The summed E-state index contributed by atoms with van der Waals surface area (Å²) in [6.45, 7) is 1.52. The smallest absolute Gasteiger partial charge is 0.229 e. The number of anilines is 1. The highest BCUT2D eigenvalue weighted by molar-refractivity contribution is 7.19. The molecule has 1 saturated carbocycles. The zero-order chi connectivity index (χ0) is 16.4. The van der Waals surface area contributed by atoms with Gasteiger partial charge in [-0.1, -0.05) is 41.7 Å². The second-order valence-corrected chi connectivity index (χ2v) is 7.17. The number of benzene rings is 1. The van der Waals surface area contributed by atoms with Crippen molar-refractivity contribution in [3.63, 3.8) is 0 Å². The Labute approximate surface area is 139 Å². The summed E-state index contributed by atoms with van der Waals surface area (Å²) in [4.78, 5) is 17.3. The highest BCUT2D eigenvalue weighted by Gasteiger charge is 2.41. The molecule has 3 N–H and O–H groups in total. The zero-order valence-corrected chi connectivity index (χ0v) is 13.8. The number of hydrogen-bond donors (Lipinski definition) is 3. The fraction of sp³-hybridized carbons (Fsp3) is 0.412. The molecule has 1 unspecified atom stereocenters. The Morgan fingerprint density at radius 3 is 2.70 bits per heavy atom. The minimum absolute atomic E-state index is 0.0619. The molecule has 5 nitrogen and oxygen atoms in total. The fourth-order valence-corrected chi connectivity index (χ4v) is 3.66. The maximum absolute atomic E-state index is 12.1. The van der Waals surface area contributed by atoms with E-state index < -0.39 is 5.60 Å². The Hall–Kier alpha value is -1.76. The molecule has 1 heterocycles. The molecular formula is C17H20N2O3S. The molecule has 1 atom stereocenters. The van der Waals surface area contributed by atoms with Crippen LogP contribution in [0, 0.1) is 5.92 Å². The zero-order valence-electron chi connectivity index (χ0n) is 13.0. The molecule has 0 saturated heterocycles. The van der Waals surface area contributed by atoms with Gasteiger partial charge in [-0.05, 0) is 31.2 Å². The van der Waals surface area contributed by atoms with E-state index in [-0.39, 0.29) is 24.9 Å². The average Bonchev–Trinajstić information content (AvgIpc) is 3.30. The first-order valence-corrected chi connectivity index (χ1v) is 8.49. The first kappa shape index (κ1) is 16.1. The van der Waals surface area contributed by atoms with E-state index in [0.29, 0.717) is 10.8 Å². The first-order chi connectivity index (χ1) is 11.0. The van der Waals surface area contributed by atoms with Crippen molar-refractivity contribution in [1.82, 2.24) is 4.98 Å². The van der Waals surface area contributed by atoms with E-state index in [1.54, 1.807) is 6.92 Å². The quantitative estimate of drug-likeness (QED) is 0.760. The molecule has 1 aromatic carbocycles. The normalized spacial score (nSPS) is 16.8. The maximum atomic E-state index is 12.1. The second-order valence-electron chi connectivity index (χ2n) is 6.18. The minimum Gasteiger partial charge on any atom is -0.390 e. The highest BCUT2D eigenvalue weighted by Crippen LogP contribution is 2.41. The molecule has 3 rings (SSSR count). The molecule has 1 aliphatic carbocycles. The Morgan fingerprint density at radius 2 is 2.09 bits per heavy atom. The lowest BCUT2D eigenvalue weighted by Gasteiger charge is -2.21. The molecule has 0 aliphatic heterocycles. The Morgan fingerprint density at radius 1 is 1.39 bits per heavy atom. The van der Waals surface area contributed by atoms with E-state index in [9.17, 15) is 15.0 Å². The van der Waals surface area contributed by atoms with E-state index in [2.05, 4.69) is 10.3 Å². The number of hydrogen-bond acceptors (Lipinski definition) is 5. The van der Waals surface area contributed by atoms with E-state index in [0.717, 1.165) is 23.3 Å². The molecule has 1 aliphatic rings. The number of aliphatic hydroxyl groups excluding tert-OH is 1. The summed E-state index contributed by atoms with van der Waals surface area (Å²) in [6, 6.07) is 9.64. The lowest BCUT2D eigenvalue weighted by molar-refractivity contribution is -0.121. The molecule has 2 aromatic rings. The fourth-order valence-electron chi connectivity index (χ4n) is 2.67. The number of rotatable bonds is 6. The van der Waals surface area contributed by atoms with Crippen LogP contribution in [-0.4, -0.2) is 26.7 Å². The third-order valence-corrected chi connectivity index (χ3v) is 5.17. The van der Waals surface area contributed by atoms with Crippen LogP contribution in [0.4, 0.5) is 5.13 Å². The number of aromatic nitrogens is 1. The standard InChI is InChI=1S/C17H20N2O3S/c1-17(22,12-7-8-12)9-14(21)19-16-18-13(10-20)15(23-16)11-5-3-2-4-6-11/h2-6,12,20,22H,7-10H2,1H3,(H,18,19,21). The summed E-state index contributed by atoms with van der Waals surface area (Å²) in [7, 11) is 0. The topological polar surface area (TPSA) is 82.5 Å². The molecule has 1 amide bonds. The van der Waals surface area contributed by atoms with Gasteiger partial charge in [0, 0.05) is 0 Å². The van der Waals surface area contributed by atoms with Crippen LogP contribution < -0.4 is 5.32 Å². The molecule has 23 heavy (non-hydrogen) atoms. The summed E-state index contributed by atoms with van der Waals surface area (Å²) >= 11 is 1.33. The van der Waals surface area contributed by atoms with Crippen molar-refractivity contribution in [2.24, 2.45) is 5.92 Å².